The normalized spacial score (nSPS) is 13.9. The second-order valence-corrected chi connectivity index (χ2v) is 8.12. The van der Waals surface area contributed by atoms with Crippen LogP contribution in [-0.2, 0) is 24.8 Å². The molecule has 7 nitrogen and oxygen atoms in total. The van der Waals surface area contributed by atoms with E-state index in [-0.39, 0.29) is 0 Å². The zero-order valence-electron chi connectivity index (χ0n) is 17.1. The van der Waals surface area contributed by atoms with Crippen molar-refractivity contribution in [1.82, 2.24) is 19.5 Å². The number of anilines is 1. The molecule has 1 aliphatic rings. The predicted molar refractivity (Wildman–Crippen MR) is 120 cm³/mol. The van der Waals surface area contributed by atoms with E-state index in [9.17, 15) is 0 Å². The van der Waals surface area contributed by atoms with Gasteiger partial charge in [-0.05, 0) is 42.3 Å². The summed E-state index contributed by atoms with van der Waals surface area (Å²) in [5, 5.41) is 3.95. The molecule has 31 heavy (non-hydrogen) atoms. The van der Waals surface area contributed by atoms with Crippen molar-refractivity contribution in [3.8, 4) is 11.6 Å². The van der Waals surface area contributed by atoms with E-state index in [4.69, 9.17) is 26.1 Å². The molecule has 0 unspecified atom stereocenters. The minimum Gasteiger partial charge on any atom is -0.437 e. The van der Waals surface area contributed by atoms with Gasteiger partial charge in [-0.2, -0.15) is 0 Å². The van der Waals surface area contributed by atoms with Gasteiger partial charge >= 0.3 is 0 Å². The topological polar surface area (TPSA) is 74.1 Å². The molecule has 0 amide bonds. The molecular formula is C23H22ClN5O2. The molecule has 0 spiro atoms. The van der Waals surface area contributed by atoms with Crippen LogP contribution in [0.15, 0.2) is 54.9 Å². The number of hydrogen-bond donors (Lipinski definition) is 1. The Hall–Kier alpha value is -3.16. The van der Waals surface area contributed by atoms with Crippen molar-refractivity contribution >= 4 is 28.6 Å². The Bertz CT molecular complexity index is 1190. The number of ether oxygens (including phenoxy) is 2. The first kappa shape index (κ1) is 19.8. The molecule has 158 valence electrons. The maximum Gasteiger partial charge on any atom is 0.219 e. The van der Waals surface area contributed by atoms with E-state index < -0.39 is 0 Å². The lowest BCUT2D eigenvalue weighted by Gasteiger charge is -2.25. The Balaban J connectivity index is 1.23. The molecule has 1 aliphatic heterocycles. The van der Waals surface area contributed by atoms with Crippen molar-refractivity contribution in [2.45, 2.75) is 13.0 Å². The summed E-state index contributed by atoms with van der Waals surface area (Å²) in [6.07, 6.45) is 4.27. The van der Waals surface area contributed by atoms with Crippen molar-refractivity contribution < 1.29 is 9.47 Å². The summed E-state index contributed by atoms with van der Waals surface area (Å²) in [6.45, 7) is 2.29. The van der Waals surface area contributed by atoms with Crippen molar-refractivity contribution in [2.75, 3.05) is 18.5 Å². The Labute approximate surface area is 185 Å². The summed E-state index contributed by atoms with van der Waals surface area (Å²) < 4.78 is 13.1. The molecule has 0 radical (unpaired) electrons. The molecule has 3 aromatic heterocycles. The van der Waals surface area contributed by atoms with Gasteiger partial charge in [-0.1, -0.05) is 17.7 Å². The van der Waals surface area contributed by atoms with Gasteiger partial charge in [0.2, 0.25) is 11.8 Å². The van der Waals surface area contributed by atoms with Crippen molar-refractivity contribution in [3.63, 3.8) is 0 Å². The SMILES string of the molecule is Cn1c(NCc2ccc(Oc3ccc(Cl)cn3)cn2)nc2ccc(CC3COC3)cc21. The lowest BCUT2D eigenvalue weighted by Crippen LogP contribution is -2.29. The molecule has 0 atom stereocenters. The Morgan fingerprint density at radius 1 is 1.13 bits per heavy atom. The summed E-state index contributed by atoms with van der Waals surface area (Å²) >= 11 is 5.84. The van der Waals surface area contributed by atoms with E-state index >= 15 is 0 Å². The third-order valence-electron chi connectivity index (χ3n) is 5.32. The van der Waals surface area contributed by atoms with Gasteiger partial charge in [-0.15, -0.1) is 0 Å². The van der Waals surface area contributed by atoms with Crippen LogP contribution in [0.2, 0.25) is 5.02 Å². The standard InChI is InChI=1S/C23H22ClN5O2/c1-29-21-9-15(8-16-13-30-14-16)2-6-20(21)28-23(29)27-11-18-4-5-19(12-25-18)31-22-7-3-17(24)10-26-22/h2-7,9-10,12,16H,8,11,13-14H2,1H3,(H,27,28). The molecule has 4 heterocycles. The fourth-order valence-corrected chi connectivity index (χ4v) is 3.66. The Morgan fingerprint density at radius 2 is 2.03 bits per heavy atom. The van der Waals surface area contributed by atoms with Crippen LogP contribution in [0.5, 0.6) is 11.6 Å². The van der Waals surface area contributed by atoms with Crippen LogP contribution in [0.3, 0.4) is 0 Å². The van der Waals surface area contributed by atoms with Gasteiger partial charge in [0.25, 0.3) is 0 Å². The number of nitrogens with zero attached hydrogens (tertiary/aromatic N) is 4. The molecule has 1 N–H and O–H groups in total. The quantitative estimate of drug-likeness (QED) is 0.457. The second kappa shape index (κ2) is 8.53. The van der Waals surface area contributed by atoms with E-state index in [1.165, 1.54) is 5.56 Å². The molecular weight excluding hydrogens is 414 g/mol. The number of aromatic nitrogens is 4. The van der Waals surface area contributed by atoms with Gasteiger partial charge in [-0.3, -0.25) is 4.98 Å². The number of hydrogen-bond acceptors (Lipinski definition) is 6. The average molecular weight is 436 g/mol. The van der Waals surface area contributed by atoms with Crippen molar-refractivity contribution in [2.24, 2.45) is 13.0 Å². The molecule has 0 bridgehead atoms. The summed E-state index contributed by atoms with van der Waals surface area (Å²) in [5.74, 6) is 2.54. The first-order valence-electron chi connectivity index (χ1n) is 10.2. The minimum absolute atomic E-state index is 0.473. The predicted octanol–water partition coefficient (Wildman–Crippen LogP) is 4.61. The number of benzene rings is 1. The van der Waals surface area contributed by atoms with Crippen LogP contribution < -0.4 is 10.1 Å². The van der Waals surface area contributed by atoms with Gasteiger partial charge in [0.1, 0.15) is 5.75 Å². The zero-order valence-corrected chi connectivity index (χ0v) is 17.8. The van der Waals surface area contributed by atoms with Gasteiger partial charge in [0.05, 0.1) is 47.7 Å². The highest BCUT2D eigenvalue weighted by atomic mass is 35.5. The van der Waals surface area contributed by atoms with Gasteiger partial charge < -0.3 is 19.4 Å². The highest BCUT2D eigenvalue weighted by molar-refractivity contribution is 6.30. The maximum absolute atomic E-state index is 5.84. The van der Waals surface area contributed by atoms with E-state index in [0.717, 1.165) is 42.3 Å². The smallest absolute Gasteiger partial charge is 0.219 e. The van der Waals surface area contributed by atoms with Crippen molar-refractivity contribution in [3.05, 3.63) is 71.1 Å². The first-order chi connectivity index (χ1) is 15.1. The minimum atomic E-state index is 0.473. The van der Waals surface area contributed by atoms with Crippen LogP contribution >= 0.6 is 11.6 Å². The second-order valence-electron chi connectivity index (χ2n) is 7.68. The number of fused-ring (bicyclic) bond motifs is 1. The van der Waals surface area contributed by atoms with Crippen LogP contribution in [-0.4, -0.2) is 32.7 Å². The average Bonchev–Trinajstić information content (AvgIpc) is 3.07. The molecule has 1 aromatic carbocycles. The van der Waals surface area contributed by atoms with Gasteiger partial charge in [-0.25, -0.2) is 9.97 Å². The highest BCUT2D eigenvalue weighted by Gasteiger charge is 2.19. The lowest BCUT2D eigenvalue weighted by molar-refractivity contribution is -0.0312. The molecule has 0 aliphatic carbocycles. The summed E-state index contributed by atoms with van der Waals surface area (Å²) in [6, 6.07) is 13.7. The summed E-state index contributed by atoms with van der Waals surface area (Å²) in [7, 11) is 2.03. The van der Waals surface area contributed by atoms with Crippen LogP contribution in [0.4, 0.5) is 5.95 Å². The molecule has 5 rings (SSSR count). The highest BCUT2D eigenvalue weighted by Crippen LogP contribution is 2.24. The lowest BCUT2D eigenvalue weighted by atomic mass is 9.98. The van der Waals surface area contributed by atoms with Crippen molar-refractivity contribution in [1.29, 1.82) is 0 Å². The Kier molecular flexibility index (Phi) is 5.44. The summed E-state index contributed by atoms with van der Waals surface area (Å²) in [4.78, 5) is 13.3. The van der Waals surface area contributed by atoms with E-state index in [1.54, 1.807) is 24.5 Å². The summed E-state index contributed by atoms with van der Waals surface area (Å²) in [5.41, 5.74) is 4.30. The number of rotatable bonds is 7. The van der Waals surface area contributed by atoms with E-state index in [2.05, 4.69) is 38.1 Å². The van der Waals surface area contributed by atoms with Gasteiger partial charge in [0, 0.05) is 25.2 Å². The molecule has 4 aromatic rings. The number of pyridine rings is 2. The third kappa shape index (κ3) is 4.47. The molecule has 1 saturated heterocycles. The molecule has 1 fully saturated rings. The number of aryl methyl sites for hydroxylation is 1. The van der Waals surface area contributed by atoms with Crippen LogP contribution in [0.1, 0.15) is 11.3 Å². The van der Waals surface area contributed by atoms with Crippen LogP contribution in [0, 0.1) is 5.92 Å². The van der Waals surface area contributed by atoms with E-state index in [0.29, 0.717) is 29.1 Å². The van der Waals surface area contributed by atoms with Gasteiger partial charge in [0.15, 0.2) is 0 Å². The largest absolute Gasteiger partial charge is 0.437 e. The first-order valence-corrected chi connectivity index (χ1v) is 10.5. The fourth-order valence-electron chi connectivity index (χ4n) is 3.55. The number of imidazole rings is 1. The Morgan fingerprint density at radius 3 is 2.74 bits per heavy atom. The number of nitrogens with one attached hydrogen (secondary N) is 1. The fraction of sp³-hybridized carbons (Fsp3) is 0.261. The zero-order chi connectivity index (χ0) is 21.2. The molecule has 0 saturated carbocycles. The maximum atomic E-state index is 5.84. The van der Waals surface area contributed by atoms with E-state index in [1.807, 2.05) is 19.2 Å². The monoisotopic (exact) mass is 435 g/mol. The van der Waals surface area contributed by atoms with Crippen LogP contribution in [0.25, 0.3) is 11.0 Å². The third-order valence-corrected chi connectivity index (χ3v) is 5.55. The number of halogens is 1. The molecule has 8 heteroatoms.